The van der Waals surface area contributed by atoms with Gasteiger partial charge in [0.25, 0.3) is 0 Å². The smallest absolute Gasteiger partial charge is 0.416 e. The number of alkyl halides is 9. The average molecular weight is 748 g/mol. The molecule has 0 spiro atoms. The summed E-state index contributed by atoms with van der Waals surface area (Å²) in [7, 11) is 0. The molecule has 3 N–H and O–H groups in total. The Kier molecular flexibility index (Phi) is 10.5. The molecule has 9 nitrogen and oxygen atoms in total. The number of nitrogens with zero attached hydrogens (tertiary/aromatic N) is 4. The third-order valence-electron chi connectivity index (χ3n) is 9.43. The fourth-order valence-electron chi connectivity index (χ4n) is 6.75. The van der Waals surface area contributed by atoms with Gasteiger partial charge in [-0.25, -0.2) is 14.8 Å². The van der Waals surface area contributed by atoms with Crippen molar-refractivity contribution in [3.05, 3.63) is 81.9 Å². The normalized spacial score (nSPS) is 20.1. The number of carbonyl (C=O) groups is 2. The molecule has 0 saturated carbocycles. The van der Waals surface area contributed by atoms with Crippen LogP contribution in [0.2, 0.25) is 0 Å². The molecule has 1 fully saturated rings. The van der Waals surface area contributed by atoms with Crippen LogP contribution in [-0.4, -0.2) is 52.5 Å². The summed E-state index contributed by atoms with van der Waals surface area (Å²) in [4.78, 5) is 36.2. The molecule has 5 rings (SSSR count). The van der Waals surface area contributed by atoms with E-state index in [2.05, 4.69) is 9.97 Å². The molecule has 0 unspecified atom stereocenters. The van der Waals surface area contributed by atoms with E-state index in [-0.39, 0.29) is 67.1 Å². The summed E-state index contributed by atoms with van der Waals surface area (Å²) < 4.78 is 130. The maximum Gasteiger partial charge on any atom is 0.416 e. The number of rotatable bonds is 7. The molecule has 1 saturated heterocycles. The maximum atomic E-state index is 13.9. The lowest BCUT2D eigenvalue weighted by atomic mass is 9.80. The zero-order valence-corrected chi connectivity index (χ0v) is 27.8. The standard InChI is InChI=1S/C34H34F9N5O4/c1-3-31(44)16-24(23-15-20(32(35,36)37)5-6-26(23)48(31)30(50)51)28-45-17-27(47-9-7-19(8-10-47)29(49)52-4-2)25(46-28)13-18-11-21(33(38,39)40)14-22(12-18)34(41,42)43/h5-6,11-12,14-15,17,19,24H,3-4,7-10,13,16,44H2,1-2H3,(H,50,51)/t24-,31+/m0/s1. The Bertz CT molecular complexity index is 1790. The first-order chi connectivity index (χ1) is 24.2. The number of carboxylic acid groups (broad SMARTS) is 1. The van der Waals surface area contributed by atoms with Crippen molar-refractivity contribution in [1.82, 2.24) is 9.97 Å². The van der Waals surface area contributed by atoms with Crippen LogP contribution in [0, 0.1) is 5.92 Å². The van der Waals surface area contributed by atoms with Crippen molar-refractivity contribution < 1.29 is 58.9 Å². The summed E-state index contributed by atoms with van der Waals surface area (Å²) in [5, 5.41) is 10.1. The van der Waals surface area contributed by atoms with Gasteiger partial charge in [0, 0.05) is 25.4 Å². The highest BCUT2D eigenvalue weighted by atomic mass is 19.4. The third kappa shape index (κ3) is 7.90. The Labute approximate surface area is 291 Å². The quantitative estimate of drug-likeness (QED) is 0.184. The summed E-state index contributed by atoms with van der Waals surface area (Å²) >= 11 is 0. The number of amides is 1. The van der Waals surface area contributed by atoms with Gasteiger partial charge in [-0.3, -0.25) is 9.69 Å². The molecule has 3 aromatic rings. The van der Waals surface area contributed by atoms with Gasteiger partial charge in [-0.05, 0) is 80.1 Å². The second kappa shape index (κ2) is 14.1. The largest absolute Gasteiger partial charge is 0.466 e. The summed E-state index contributed by atoms with van der Waals surface area (Å²) in [6, 6.07) is 3.55. The SMILES string of the molecule is CCOC(=O)C1CCN(c2cnc([C@H]3C[C@@](N)(CC)N(C(=O)O)c4ccc(C(F)(F)F)cc43)nc2Cc2cc(C(F)(F)F)cc(C(F)(F)F)c2)CC1. The van der Waals surface area contributed by atoms with E-state index in [4.69, 9.17) is 10.5 Å². The molecule has 282 valence electrons. The van der Waals surface area contributed by atoms with E-state index < -0.39 is 76.8 Å². The number of ether oxygens (including phenoxy) is 1. The molecule has 1 amide bonds. The Morgan fingerprint density at radius 3 is 2.02 bits per heavy atom. The molecule has 1 aromatic heterocycles. The van der Waals surface area contributed by atoms with Crippen molar-refractivity contribution in [2.24, 2.45) is 11.7 Å². The molecule has 2 aromatic carbocycles. The van der Waals surface area contributed by atoms with E-state index in [1.54, 1.807) is 18.7 Å². The average Bonchev–Trinajstić information content (AvgIpc) is 3.06. The number of anilines is 2. The zero-order valence-electron chi connectivity index (χ0n) is 27.8. The fourth-order valence-corrected chi connectivity index (χ4v) is 6.75. The summed E-state index contributed by atoms with van der Waals surface area (Å²) in [5.74, 6) is -2.21. The molecular weight excluding hydrogens is 713 g/mol. The predicted octanol–water partition coefficient (Wildman–Crippen LogP) is 7.99. The minimum Gasteiger partial charge on any atom is -0.466 e. The van der Waals surface area contributed by atoms with Crippen LogP contribution in [0.25, 0.3) is 0 Å². The lowest BCUT2D eigenvalue weighted by Gasteiger charge is -2.46. The second-order valence-electron chi connectivity index (χ2n) is 12.8. The van der Waals surface area contributed by atoms with Crippen molar-refractivity contribution in [3.63, 3.8) is 0 Å². The molecule has 2 atom stereocenters. The summed E-state index contributed by atoms with van der Waals surface area (Å²) in [6.07, 6.45) is -15.6. The number of halogens is 9. The van der Waals surface area contributed by atoms with Gasteiger partial charge in [-0.1, -0.05) is 6.92 Å². The molecule has 2 aliphatic rings. The van der Waals surface area contributed by atoms with Crippen LogP contribution in [0.15, 0.2) is 42.6 Å². The van der Waals surface area contributed by atoms with Crippen molar-refractivity contribution in [1.29, 1.82) is 0 Å². The first-order valence-corrected chi connectivity index (χ1v) is 16.2. The van der Waals surface area contributed by atoms with Crippen LogP contribution in [0.4, 0.5) is 55.7 Å². The Balaban J connectivity index is 1.67. The highest BCUT2D eigenvalue weighted by molar-refractivity contribution is 5.90. The van der Waals surface area contributed by atoms with Crippen LogP contribution in [0.1, 0.15) is 84.8 Å². The van der Waals surface area contributed by atoms with Gasteiger partial charge in [0.2, 0.25) is 0 Å². The van der Waals surface area contributed by atoms with Crippen LogP contribution in [-0.2, 0) is 34.5 Å². The molecule has 0 bridgehead atoms. The first kappa shape index (κ1) is 38.6. The minimum absolute atomic E-state index is 0.00106. The third-order valence-corrected chi connectivity index (χ3v) is 9.43. The van der Waals surface area contributed by atoms with Gasteiger partial charge >= 0.3 is 30.6 Å². The molecule has 0 radical (unpaired) electrons. The van der Waals surface area contributed by atoms with Gasteiger partial charge in [0.1, 0.15) is 11.5 Å². The fraction of sp³-hybridized carbons (Fsp3) is 0.471. The Morgan fingerprint density at radius 1 is 0.904 bits per heavy atom. The monoisotopic (exact) mass is 747 g/mol. The minimum atomic E-state index is -5.13. The molecule has 52 heavy (non-hydrogen) atoms. The van der Waals surface area contributed by atoms with Crippen LogP contribution >= 0.6 is 0 Å². The Morgan fingerprint density at radius 2 is 1.50 bits per heavy atom. The molecule has 3 heterocycles. The predicted molar refractivity (Wildman–Crippen MR) is 168 cm³/mol. The lowest BCUT2D eigenvalue weighted by molar-refractivity contribution is -0.148. The first-order valence-electron chi connectivity index (χ1n) is 16.2. The number of nitrogens with two attached hydrogens (primary N) is 1. The van der Waals surface area contributed by atoms with E-state index >= 15 is 0 Å². The van der Waals surface area contributed by atoms with Gasteiger partial charge in [-0.15, -0.1) is 0 Å². The summed E-state index contributed by atoms with van der Waals surface area (Å²) in [5.41, 5.74) is 0.169. The van der Waals surface area contributed by atoms with E-state index in [1.807, 2.05) is 0 Å². The van der Waals surface area contributed by atoms with E-state index in [1.165, 1.54) is 6.20 Å². The van der Waals surface area contributed by atoms with E-state index in [9.17, 15) is 54.2 Å². The number of piperidine rings is 1. The molecule has 18 heteroatoms. The number of aromatic nitrogens is 2. The van der Waals surface area contributed by atoms with Crippen LogP contribution in [0.3, 0.4) is 0 Å². The highest BCUT2D eigenvalue weighted by Gasteiger charge is 2.47. The van der Waals surface area contributed by atoms with Crippen molar-refractivity contribution in [2.75, 3.05) is 29.5 Å². The Hall–Kier alpha value is -4.61. The highest BCUT2D eigenvalue weighted by Crippen LogP contribution is 2.47. The molecule has 2 aliphatic heterocycles. The summed E-state index contributed by atoms with van der Waals surface area (Å²) in [6.45, 7) is 3.82. The van der Waals surface area contributed by atoms with Crippen molar-refractivity contribution in [2.45, 2.75) is 76.1 Å². The van der Waals surface area contributed by atoms with Crippen LogP contribution in [0.5, 0.6) is 0 Å². The number of benzene rings is 2. The van der Waals surface area contributed by atoms with E-state index in [0.29, 0.717) is 31.0 Å². The lowest BCUT2D eigenvalue weighted by Crippen LogP contribution is -2.61. The maximum absolute atomic E-state index is 13.9. The number of hydrogen-bond donors (Lipinski definition) is 2. The van der Waals surface area contributed by atoms with Gasteiger partial charge in [0.05, 0.1) is 52.5 Å². The number of fused-ring (bicyclic) bond motifs is 1. The number of hydrogen-bond acceptors (Lipinski definition) is 7. The van der Waals surface area contributed by atoms with Gasteiger partial charge < -0.3 is 20.5 Å². The molecular formula is C34H34F9N5O4. The van der Waals surface area contributed by atoms with Crippen molar-refractivity contribution >= 4 is 23.4 Å². The second-order valence-corrected chi connectivity index (χ2v) is 12.8. The number of esters is 1. The van der Waals surface area contributed by atoms with Crippen molar-refractivity contribution in [3.8, 4) is 0 Å². The van der Waals surface area contributed by atoms with Gasteiger partial charge in [0.15, 0.2) is 0 Å². The van der Waals surface area contributed by atoms with Crippen LogP contribution < -0.4 is 15.5 Å². The van der Waals surface area contributed by atoms with Gasteiger partial charge in [-0.2, -0.15) is 39.5 Å². The topological polar surface area (TPSA) is 122 Å². The molecule has 0 aliphatic carbocycles. The zero-order chi connectivity index (χ0) is 38.4. The van der Waals surface area contributed by atoms with E-state index in [0.717, 1.165) is 17.0 Å². The number of carbonyl (C=O) groups excluding carboxylic acids is 1.